The lowest BCUT2D eigenvalue weighted by atomic mass is 10.2. The fourth-order valence-corrected chi connectivity index (χ4v) is 2.75. The average molecular weight is 385 g/mol. The number of hydrogen-bond acceptors (Lipinski definition) is 3. The molecular weight excluding hydrogens is 374 g/mol. The van der Waals surface area contributed by atoms with Crippen LogP contribution >= 0.6 is 31.9 Å². The number of phenolic OH excluding ortho intramolecular Hbond substituents is 1. The molecule has 0 fully saturated rings. The summed E-state index contributed by atoms with van der Waals surface area (Å²) in [7, 11) is 1.62. The van der Waals surface area contributed by atoms with Gasteiger partial charge in [-0.05, 0) is 52.3 Å². The molecule has 2 aromatic carbocycles. The second-order valence-electron chi connectivity index (χ2n) is 3.78. The number of phenols is 1. The van der Waals surface area contributed by atoms with Crippen LogP contribution in [0.1, 0.15) is 5.56 Å². The summed E-state index contributed by atoms with van der Waals surface area (Å²) in [4.78, 5) is 4.31. The van der Waals surface area contributed by atoms with Crippen LogP contribution < -0.4 is 4.74 Å². The number of benzene rings is 2. The van der Waals surface area contributed by atoms with E-state index in [1.54, 1.807) is 25.5 Å². The van der Waals surface area contributed by atoms with Crippen LogP contribution in [-0.2, 0) is 0 Å². The molecule has 0 aromatic heterocycles. The number of aliphatic imine (C=N–C) groups is 1. The first-order valence-electron chi connectivity index (χ1n) is 5.46. The number of ether oxygens (including phenoxy) is 1. The molecule has 1 N–H and O–H groups in total. The van der Waals surface area contributed by atoms with E-state index in [-0.39, 0.29) is 5.75 Å². The van der Waals surface area contributed by atoms with E-state index in [1.807, 2.05) is 24.3 Å². The molecule has 98 valence electrons. The van der Waals surface area contributed by atoms with Crippen molar-refractivity contribution in [1.29, 1.82) is 0 Å². The first-order valence-corrected chi connectivity index (χ1v) is 7.05. The molecule has 2 aromatic rings. The normalized spacial score (nSPS) is 10.9. The molecule has 3 nitrogen and oxygen atoms in total. The van der Waals surface area contributed by atoms with Crippen LogP contribution in [0.5, 0.6) is 11.5 Å². The van der Waals surface area contributed by atoms with Gasteiger partial charge in [-0.1, -0.05) is 15.9 Å². The molecule has 2 rings (SSSR count). The quantitative estimate of drug-likeness (QED) is 0.780. The Balaban J connectivity index is 2.27. The third-order valence-corrected chi connectivity index (χ3v) is 3.55. The Morgan fingerprint density at radius 2 is 1.84 bits per heavy atom. The fourth-order valence-electron chi connectivity index (χ4n) is 1.50. The monoisotopic (exact) mass is 383 g/mol. The van der Waals surface area contributed by atoms with Gasteiger partial charge in [-0.2, -0.15) is 0 Å². The molecule has 0 unspecified atom stereocenters. The zero-order valence-electron chi connectivity index (χ0n) is 10.1. The highest BCUT2D eigenvalue weighted by Crippen LogP contribution is 2.31. The fraction of sp³-hybridized carbons (Fsp3) is 0.0714. The van der Waals surface area contributed by atoms with Crippen molar-refractivity contribution < 1.29 is 9.84 Å². The van der Waals surface area contributed by atoms with E-state index < -0.39 is 0 Å². The van der Waals surface area contributed by atoms with Gasteiger partial charge < -0.3 is 9.84 Å². The Labute approximate surface area is 128 Å². The molecule has 19 heavy (non-hydrogen) atoms. The highest BCUT2D eigenvalue weighted by Gasteiger charge is 2.05. The minimum atomic E-state index is 0.167. The predicted molar refractivity (Wildman–Crippen MR) is 83.8 cm³/mol. The topological polar surface area (TPSA) is 41.8 Å². The van der Waals surface area contributed by atoms with E-state index in [0.29, 0.717) is 10.0 Å². The third kappa shape index (κ3) is 3.58. The summed E-state index contributed by atoms with van der Waals surface area (Å²) < 4.78 is 6.57. The minimum absolute atomic E-state index is 0.167. The Morgan fingerprint density at radius 1 is 1.16 bits per heavy atom. The van der Waals surface area contributed by atoms with Crippen molar-refractivity contribution in [2.24, 2.45) is 4.99 Å². The van der Waals surface area contributed by atoms with Gasteiger partial charge in [-0.3, -0.25) is 4.99 Å². The van der Waals surface area contributed by atoms with Crippen molar-refractivity contribution in [3.05, 3.63) is 50.9 Å². The lowest BCUT2D eigenvalue weighted by Crippen LogP contribution is -1.84. The van der Waals surface area contributed by atoms with Gasteiger partial charge in [0, 0.05) is 16.3 Å². The van der Waals surface area contributed by atoms with Crippen molar-refractivity contribution in [1.82, 2.24) is 0 Å². The molecule has 0 bridgehead atoms. The van der Waals surface area contributed by atoms with Crippen LogP contribution in [0.3, 0.4) is 0 Å². The molecule has 0 aliphatic heterocycles. The van der Waals surface area contributed by atoms with Crippen molar-refractivity contribution in [2.75, 3.05) is 7.11 Å². The largest absolute Gasteiger partial charge is 0.506 e. The molecule has 0 amide bonds. The van der Waals surface area contributed by atoms with Gasteiger partial charge >= 0.3 is 0 Å². The van der Waals surface area contributed by atoms with Crippen LogP contribution in [0.25, 0.3) is 0 Å². The summed E-state index contributed by atoms with van der Waals surface area (Å²) in [6, 6.07) is 10.9. The molecule has 0 heterocycles. The van der Waals surface area contributed by atoms with E-state index in [9.17, 15) is 5.11 Å². The van der Waals surface area contributed by atoms with Crippen molar-refractivity contribution in [3.63, 3.8) is 0 Å². The standard InChI is InChI=1S/C14H11Br2NO2/c1-19-12-4-2-11(3-5-12)17-8-9-6-10(15)7-13(16)14(9)18/h2-8,18H,1H3/b17-8+. The number of rotatable bonds is 3. The van der Waals surface area contributed by atoms with Gasteiger partial charge in [0.15, 0.2) is 0 Å². The van der Waals surface area contributed by atoms with E-state index >= 15 is 0 Å². The highest BCUT2D eigenvalue weighted by atomic mass is 79.9. The molecule has 0 spiro atoms. The van der Waals surface area contributed by atoms with Crippen LogP contribution in [0, 0.1) is 0 Å². The maximum absolute atomic E-state index is 9.90. The molecule has 0 aliphatic carbocycles. The second-order valence-corrected chi connectivity index (χ2v) is 5.55. The summed E-state index contributed by atoms with van der Waals surface area (Å²) >= 11 is 6.66. The first kappa shape index (κ1) is 14.1. The van der Waals surface area contributed by atoms with Gasteiger partial charge in [0.25, 0.3) is 0 Å². The van der Waals surface area contributed by atoms with Gasteiger partial charge in [-0.15, -0.1) is 0 Å². The number of halogens is 2. The summed E-state index contributed by atoms with van der Waals surface area (Å²) in [5.41, 5.74) is 1.42. The lowest BCUT2D eigenvalue weighted by Gasteiger charge is -2.03. The molecule has 0 atom stereocenters. The van der Waals surface area contributed by atoms with E-state index in [4.69, 9.17) is 4.74 Å². The Hall–Kier alpha value is -1.33. The zero-order valence-corrected chi connectivity index (χ0v) is 13.3. The third-order valence-electron chi connectivity index (χ3n) is 2.48. The van der Waals surface area contributed by atoms with Crippen molar-refractivity contribution >= 4 is 43.8 Å². The number of methoxy groups -OCH3 is 1. The van der Waals surface area contributed by atoms with Crippen molar-refractivity contribution in [3.8, 4) is 11.5 Å². The molecule has 0 radical (unpaired) electrons. The maximum Gasteiger partial charge on any atom is 0.138 e. The van der Waals surface area contributed by atoms with Crippen LogP contribution in [0.4, 0.5) is 5.69 Å². The molecule has 0 aliphatic rings. The average Bonchev–Trinajstić information content (AvgIpc) is 2.41. The van der Waals surface area contributed by atoms with E-state index in [2.05, 4.69) is 36.9 Å². The van der Waals surface area contributed by atoms with Crippen molar-refractivity contribution in [2.45, 2.75) is 0 Å². The second kappa shape index (κ2) is 6.21. The van der Waals surface area contributed by atoms with Gasteiger partial charge in [0.2, 0.25) is 0 Å². The van der Waals surface area contributed by atoms with Crippen LogP contribution in [-0.4, -0.2) is 18.4 Å². The van der Waals surface area contributed by atoms with Gasteiger partial charge in [-0.25, -0.2) is 0 Å². The van der Waals surface area contributed by atoms with Crippen LogP contribution in [0.2, 0.25) is 0 Å². The predicted octanol–water partition coefficient (Wildman–Crippen LogP) is 4.68. The van der Waals surface area contributed by atoms with E-state index in [0.717, 1.165) is 15.9 Å². The SMILES string of the molecule is COc1ccc(/N=C/c2cc(Br)cc(Br)c2O)cc1. The Morgan fingerprint density at radius 3 is 2.47 bits per heavy atom. The number of hydrogen-bond donors (Lipinski definition) is 1. The molecule has 0 saturated heterocycles. The number of aromatic hydroxyl groups is 1. The van der Waals surface area contributed by atoms with E-state index in [1.165, 1.54) is 0 Å². The minimum Gasteiger partial charge on any atom is -0.506 e. The highest BCUT2D eigenvalue weighted by molar-refractivity contribution is 9.11. The molecule has 5 heteroatoms. The first-order chi connectivity index (χ1) is 9.10. The summed E-state index contributed by atoms with van der Waals surface area (Å²) in [6.45, 7) is 0. The summed E-state index contributed by atoms with van der Waals surface area (Å²) in [5.74, 6) is 0.951. The summed E-state index contributed by atoms with van der Waals surface area (Å²) in [5, 5.41) is 9.90. The molecular formula is C14H11Br2NO2. The van der Waals surface area contributed by atoms with Gasteiger partial charge in [0.05, 0.1) is 17.3 Å². The van der Waals surface area contributed by atoms with Gasteiger partial charge in [0.1, 0.15) is 11.5 Å². The maximum atomic E-state index is 9.90. The van der Waals surface area contributed by atoms with Crippen LogP contribution in [0.15, 0.2) is 50.3 Å². The Kier molecular flexibility index (Phi) is 4.61. The molecule has 0 saturated carbocycles. The zero-order chi connectivity index (χ0) is 13.8. The summed E-state index contributed by atoms with van der Waals surface area (Å²) in [6.07, 6.45) is 1.62. The lowest BCUT2D eigenvalue weighted by molar-refractivity contribution is 0.415. The number of nitrogens with zero attached hydrogens (tertiary/aromatic N) is 1. The smallest absolute Gasteiger partial charge is 0.138 e. The Bertz CT molecular complexity index is 610.